The van der Waals surface area contributed by atoms with E-state index in [9.17, 15) is 4.79 Å². The molecule has 0 bridgehead atoms. The van der Waals surface area contributed by atoms with Gasteiger partial charge in [-0.2, -0.15) is 0 Å². The second kappa shape index (κ2) is 5.51. The van der Waals surface area contributed by atoms with Gasteiger partial charge in [-0.25, -0.2) is 0 Å². The molecule has 0 saturated carbocycles. The Hall–Kier alpha value is -1.07. The van der Waals surface area contributed by atoms with E-state index >= 15 is 0 Å². The summed E-state index contributed by atoms with van der Waals surface area (Å²) in [5.41, 5.74) is 2.22. The summed E-state index contributed by atoms with van der Waals surface area (Å²) in [5.74, 6) is 1.08. The molecular formula is C14H16BrNO3. The summed E-state index contributed by atoms with van der Waals surface area (Å²) < 4.78 is 10.8. The average Bonchev–Trinajstić information content (AvgIpc) is 2.37. The number of carbonyl (C=O) groups excluding carboxylic acids is 1. The molecule has 0 radical (unpaired) electrons. The van der Waals surface area contributed by atoms with Crippen LogP contribution >= 0.6 is 15.9 Å². The third-order valence-corrected chi connectivity index (χ3v) is 3.84. The maximum absolute atomic E-state index is 12.1. The van der Waals surface area contributed by atoms with E-state index in [1.807, 2.05) is 17.0 Å². The first kappa shape index (κ1) is 12.9. The van der Waals surface area contributed by atoms with Crippen LogP contribution in [0.2, 0.25) is 0 Å². The highest BCUT2D eigenvalue weighted by molar-refractivity contribution is 9.09. The number of benzene rings is 1. The predicted octanol–water partition coefficient (Wildman–Crippen LogP) is 2.14. The van der Waals surface area contributed by atoms with Crippen LogP contribution in [0.1, 0.15) is 12.0 Å². The predicted molar refractivity (Wildman–Crippen MR) is 76.1 cm³/mol. The van der Waals surface area contributed by atoms with Crippen molar-refractivity contribution in [3.8, 4) is 5.75 Å². The zero-order chi connectivity index (χ0) is 13.2. The van der Waals surface area contributed by atoms with Crippen LogP contribution in [0.15, 0.2) is 18.2 Å². The van der Waals surface area contributed by atoms with E-state index < -0.39 is 0 Å². The van der Waals surface area contributed by atoms with Gasteiger partial charge in [0.2, 0.25) is 5.91 Å². The Labute approximate surface area is 120 Å². The Morgan fingerprint density at radius 3 is 2.89 bits per heavy atom. The van der Waals surface area contributed by atoms with Gasteiger partial charge in [-0.05, 0) is 30.2 Å². The SMILES string of the molecule is O=C1CCc2cc(OCCBr)ccc2N1C1COC1. The van der Waals surface area contributed by atoms with Gasteiger partial charge in [0.25, 0.3) is 0 Å². The lowest BCUT2D eigenvalue weighted by molar-refractivity contribution is -0.121. The van der Waals surface area contributed by atoms with Crippen LogP contribution in [0.5, 0.6) is 5.75 Å². The summed E-state index contributed by atoms with van der Waals surface area (Å²) in [5, 5.41) is 0.814. The van der Waals surface area contributed by atoms with Gasteiger partial charge in [-0.3, -0.25) is 4.79 Å². The van der Waals surface area contributed by atoms with E-state index in [2.05, 4.69) is 22.0 Å². The minimum atomic E-state index is 0.204. The molecule has 0 N–H and O–H groups in total. The highest BCUT2D eigenvalue weighted by atomic mass is 79.9. The topological polar surface area (TPSA) is 38.8 Å². The second-order valence-corrected chi connectivity index (χ2v) is 5.58. The largest absolute Gasteiger partial charge is 0.493 e. The summed E-state index contributed by atoms with van der Waals surface area (Å²) in [6.45, 7) is 1.94. The lowest BCUT2D eigenvalue weighted by Crippen LogP contribution is -2.53. The van der Waals surface area contributed by atoms with Crippen molar-refractivity contribution in [3.63, 3.8) is 0 Å². The molecular weight excluding hydrogens is 310 g/mol. The third kappa shape index (κ3) is 2.49. The quantitative estimate of drug-likeness (QED) is 0.796. The molecule has 3 rings (SSSR count). The van der Waals surface area contributed by atoms with E-state index in [1.54, 1.807) is 0 Å². The molecule has 1 aromatic rings. The molecule has 19 heavy (non-hydrogen) atoms. The number of amides is 1. The van der Waals surface area contributed by atoms with Gasteiger partial charge in [0.15, 0.2) is 0 Å². The summed E-state index contributed by atoms with van der Waals surface area (Å²) in [6.07, 6.45) is 1.37. The lowest BCUT2D eigenvalue weighted by atomic mass is 9.98. The zero-order valence-corrected chi connectivity index (χ0v) is 12.2. The van der Waals surface area contributed by atoms with Crippen molar-refractivity contribution in [2.45, 2.75) is 18.9 Å². The van der Waals surface area contributed by atoms with E-state index in [-0.39, 0.29) is 11.9 Å². The minimum Gasteiger partial charge on any atom is -0.493 e. The summed E-state index contributed by atoms with van der Waals surface area (Å²) >= 11 is 3.34. The van der Waals surface area contributed by atoms with E-state index in [0.717, 1.165) is 23.2 Å². The standard InChI is InChI=1S/C14H16BrNO3/c15-5-6-19-12-2-3-13-10(7-12)1-4-14(17)16(13)11-8-18-9-11/h2-3,7,11H,1,4-6,8-9H2. The molecule has 1 aromatic carbocycles. The molecule has 0 aliphatic carbocycles. The monoisotopic (exact) mass is 325 g/mol. The van der Waals surface area contributed by atoms with Crippen molar-refractivity contribution in [1.29, 1.82) is 0 Å². The van der Waals surface area contributed by atoms with Crippen LogP contribution in [0.4, 0.5) is 5.69 Å². The molecule has 2 aliphatic heterocycles. The highest BCUT2D eigenvalue weighted by Gasteiger charge is 2.34. The maximum Gasteiger partial charge on any atom is 0.227 e. The normalized spacial score (nSPS) is 19.0. The van der Waals surface area contributed by atoms with Crippen LogP contribution < -0.4 is 9.64 Å². The number of rotatable bonds is 4. The Bertz CT molecular complexity index is 488. The number of nitrogens with zero attached hydrogens (tertiary/aromatic N) is 1. The van der Waals surface area contributed by atoms with Gasteiger partial charge in [0.1, 0.15) is 5.75 Å². The second-order valence-electron chi connectivity index (χ2n) is 4.78. The fourth-order valence-electron chi connectivity index (χ4n) is 2.51. The van der Waals surface area contributed by atoms with Crippen LogP contribution in [-0.2, 0) is 16.0 Å². The zero-order valence-electron chi connectivity index (χ0n) is 10.6. The summed E-state index contributed by atoms with van der Waals surface area (Å²) in [4.78, 5) is 14.0. The Morgan fingerprint density at radius 2 is 2.21 bits per heavy atom. The molecule has 4 nitrogen and oxygen atoms in total. The number of fused-ring (bicyclic) bond motifs is 1. The number of hydrogen-bond acceptors (Lipinski definition) is 3. The van der Waals surface area contributed by atoms with Gasteiger partial charge in [-0.1, -0.05) is 15.9 Å². The van der Waals surface area contributed by atoms with Crippen molar-refractivity contribution in [2.24, 2.45) is 0 Å². The number of alkyl halides is 1. The van der Waals surface area contributed by atoms with Crippen LogP contribution in [0, 0.1) is 0 Å². The van der Waals surface area contributed by atoms with E-state index in [4.69, 9.17) is 9.47 Å². The van der Waals surface area contributed by atoms with E-state index in [1.165, 1.54) is 5.56 Å². The molecule has 1 saturated heterocycles. The Kier molecular flexibility index (Phi) is 3.75. The molecule has 2 aliphatic rings. The number of ether oxygens (including phenoxy) is 2. The smallest absolute Gasteiger partial charge is 0.227 e. The van der Waals surface area contributed by atoms with Gasteiger partial charge < -0.3 is 14.4 Å². The van der Waals surface area contributed by atoms with Gasteiger partial charge >= 0.3 is 0 Å². The van der Waals surface area contributed by atoms with Crippen molar-refractivity contribution < 1.29 is 14.3 Å². The van der Waals surface area contributed by atoms with Crippen molar-refractivity contribution in [1.82, 2.24) is 0 Å². The molecule has 0 atom stereocenters. The molecule has 0 aromatic heterocycles. The first-order valence-electron chi connectivity index (χ1n) is 6.51. The summed E-state index contributed by atoms with van der Waals surface area (Å²) in [7, 11) is 0. The molecule has 102 valence electrons. The molecule has 0 unspecified atom stereocenters. The molecule has 5 heteroatoms. The fraction of sp³-hybridized carbons (Fsp3) is 0.500. The highest BCUT2D eigenvalue weighted by Crippen LogP contribution is 2.33. The third-order valence-electron chi connectivity index (χ3n) is 3.52. The molecule has 2 heterocycles. The Morgan fingerprint density at radius 1 is 1.37 bits per heavy atom. The van der Waals surface area contributed by atoms with E-state index in [0.29, 0.717) is 26.2 Å². The van der Waals surface area contributed by atoms with Crippen LogP contribution in [-0.4, -0.2) is 37.1 Å². The van der Waals surface area contributed by atoms with Crippen molar-refractivity contribution >= 4 is 27.5 Å². The number of anilines is 1. The Balaban J connectivity index is 1.86. The average molecular weight is 326 g/mol. The van der Waals surface area contributed by atoms with Gasteiger partial charge in [-0.15, -0.1) is 0 Å². The van der Waals surface area contributed by atoms with Crippen molar-refractivity contribution in [3.05, 3.63) is 23.8 Å². The van der Waals surface area contributed by atoms with Gasteiger partial charge in [0, 0.05) is 17.4 Å². The van der Waals surface area contributed by atoms with Crippen LogP contribution in [0.3, 0.4) is 0 Å². The first-order chi connectivity index (χ1) is 9.29. The number of aryl methyl sites for hydroxylation is 1. The first-order valence-corrected chi connectivity index (χ1v) is 7.63. The number of halogens is 1. The van der Waals surface area contributed by atoms with Crippen LogP contribution in [0.25, 0.3) is 0 Å². The number of hydrogen-bond donors (Lipinski definition) is 0. The summed E-state index contributed by atoms with van der Waals surface area (Å²) in [6, 6.07) is 6.19. The fourth-order valence-corrected chi connectivity index (χ4v) is 2.67. The number of carbonyl (C=O) groups is 1. The lowest BCUT2D eigenvalue weighted by Gasteiger charge is -2.40. The molecule has 1 fully saturated rings. The molecule has 1 amide bonds. The minimum absolute atomic E-state index is 0.204. The van der Waals surface area contributed by atoms with Crippen molar-refractivity contribution in [2.75, 3.05) is 30.1 Å². The molecule has 0 spiro atoms. The maximum atomic E-state index is 12.1. The van der Waals surface area contributed by atoms with Gasteiger partial charge in [0.05, 0.1) is 25.9 Å².